The lowest BCUT2D eigenvalue weighted by molar-refractivity contribution is -0.138. The highest BCUT2D eigenvalue weighted by Gasteiger charge is 2.36. The van der Waals surface area contributed by atoms with E-state index in [1.165, 1.54) is 0 Å². The second-order valence-corrected chi connectivity index (χ2v) is 6.37. The van der Waals surface area contributed by atoms with E-state index < -0.39 is 5.97 Å². The molecule has 1 aliphatic rings. The number of carboxylic acid groups (broad SMARTS) is 1. The van der Waals surface area contributed by atoms with Crippen LogP contribution in [0, 0.1) is 0 Å². The van der Waals surface area contributed by atoms with E-state index in [0.717, 1.165) is 13.1 Å². The number of carboxylic acids is 1. The van der Waals surface area contributed by atoms with Crippen molar-refractivity contribution in [1.29, 1.82) is 0 Å². The van der Waals surface area contributed by atoms with Crippen LogP contribution in [0.25, 0.3) is 0 Å². The lowest BCUT2D eigenvalue weighted by atomic mass is 9.92. The van der Waals surface area contributed by atoms with E-state index >= 15 is 0 Å². The van der Waals surface area contributed by atoms with Gasteiger partial charge in [0.2, 0.25) is 0 Å². The highest BCUT2D eigenvalue weighted by Crippen LogP contribution is 2.23. The lowest BCUT2D eigenvalue weighted by Gasteiger charge is -2.49. The van der Waals surface area contributed by atoms with E-state index in [-0.39, 0.29) is 23.5 Å². The van der Waals surface area contributed by atoms with Crippen LogP contribution >= 0.6 is 0 Å². The van der Waals surface area contributed by atoms with Crippen molar-refractivity contribution in [3.63, 3.8) is 0 Å². The van der Waals surface area contributed by atoms with Gasteiger partial charge in [-0.3, -0.25) is 9.69 Å². The first-order valence-electron chi connectivity index (χ1n) is 5.85. The van der Waals surface area contributed by atoms with Crippen molar-refractivity contribution in [3.8, 4) is 0 Å². The summed E-state index contributed by atoms with van der Waals surface area (Å²) in [4.78, 5) is 13.1. The molecule has 94 valence electrons. The number of nitrogens with one attached hydrogen (secondary N) is 1. The summed E-state index contributed by atoms with van der Waals surface area (Å²) in [6.07, 6.45) is 0.190. The average molecular weight is 228 g/mol. The maximum atomic E-state index is 10.8. The first-order valence-corrected chi connectivity index (χ1v) is 5.85. The molecule has 0 aliphatic carbocycles. The zero-order valence-electron chi connectivity index (χ0n) is 11.0. The Hall–Kier alpha value is -0.610. The van der Waals surface area contributed by atoms with E-state index in [0.29, 0.717) is 0 Å². The van der Waals surface area contributed by atoms with Gasteiger partial charge in [0.1, 0.15) is 0 Å². The highest BCUT2D eigenvalue weighted by molar-refractivity contribution is 5.67. The fourth-order valence-electron chi connectivity index (χ4n) is 2.29. The third-order valence-electron chi connectivity index (χ3n) is 2.99. The Balaban J connectivity index is 2.73. The predicted molar refractivity (Wildman–Crippen MR) is 64.6 cm³/mol. The summed E-state index contributed by atoms with van der Waals surface area (Å²) in [5, 5.41) is 12.3. The van der Waals surface area contributed by atoms with Gasteiger partial charge in [-0.1, -0.05) is 0 Å². The highest BCUT2D eigenvalue weighted by atomic mass is 16.4. The molecule has 1 atom stereocenters. The SMILES string of the molecule is CC1(C)CN(C(C)(C)C)CC(CC(=O)O)N1. The minimum Gasteiger partial charge on any atom is -0.481 e. The van der Waals surface area contributed by atoms with Crippen molar-refractivity contribution >= 4 is 5.97 Å². The molecule has 0 spiro atoms. The molecule has 16 heavy (non-hydrogen) atoms. The topological polar surface area (TPSA) is 52.6 Å². The fraction of sp³-hybridized carbons (Fsp3) is 0.917. The third-order valence-corrected chi connectivity index (χ3v) is 2.99. The van der Waals surface area contributed by atoms with Crippen LogP contribution in [0.2, 0.25) is 0 Å². The van der Waals surface area contributed by atoms with Crippen LogP contribution in [0.15, 0.2) is 0 Å². The van der Waals surface area contributed by atoms with Gasteiger partial charge in [0, 0.05) is 30.2 Å². The first-order chi connectivity index (χ1) is 7.10. The molecule has 0 bridgehead atoms. The molecule has 1 rings (SSSR count). The molecule has 1 unspecified atom stereocenters. The van der Waals surface area contributed by atoms with Crippen LogP contribution < -0.4 is 5.32 Å². The van der Waals surface area contributed by atoms with E-state index in [1.807, 2.05) is 0 Å². The molecule has 1 saturated heterocycles. The summed E-state index contributed by atoms with van der Waals surface area (Å²) < 4.78 is 0. The molecule has 0 aromatic rings. The van der Waals surface area contributed by atoms with Gasteiger partial charge in [-0.15, -0.1) is 0 Å². The summed E-state index contributed by atoms with van der Waals surface area (Å²) in [6, 6.07) is 0.0421. The van der Waals surface area contributed by atoms with Gasteiger partial charge in [0.05, 0.1) is 6.42 Å². The van der Waals surface area contributed by atoms with E-state index in [1.54, 1.807) is 0 Å². The smallest absolute Gasteiger partial charge is 0.304 e. The first kappa shape index (κ1) is 13.5. The van der Waals surface area contributed by atoms with Crippen LogP contribution in [0.1, 0.15) is 41.0 Å². The number of hydrogen-bond acceptors (Lipinski definition) is 3. The van der Waals surface area contributed by atoms with Gasteiger partial charge < -0.3 is 10.4 Å². The molecule has 2 N–H and O–H groups in total. The minimum atomic E-state index is -0.732. The van der Waals surface area contributed by atoms with Crippen LogP contribution in [-0.4, -0.2) is 46.2 Å². The lowest BCUT2D eigenvalue weighted by Crippen LogP contribution is -2.65. The maximum Gasteiger partial charge on any atom is 0.304 e. The van der Waals surface area contributed by atoms with Crippen LogP contribution in [0.5, 0.6) is 0 Å². The summed E-state index contributed by atoms with van der Waals surface area (Å²) in [5.41, 5.74) is 0.0712. The van der Waals surface area contributed by atoms with Crippen molar-refractivity contribution in [2.45, 2.75) is 58.2 Å². The number of rotatable bonds is 2. The maximum absolute atomic E-state index is 10.8. The Morgan fingerprint density at radius 1 is 1.50 bits per heavy atom. The van der Waals surface area contributed by atoms with Crippen LogP contribution in [0.3, 0.4) is 0 Å². The van der Waals surface area contributed by atoms with Crippen molar-refractivity contribution < 1.29 is 9.90 Å². The second kappa shape index (κ2) is 4.34. The molecular weight excluding hydrogens is 204 g/mol. The number of nitrogens with zero attached hydrogens (tertiary/aromatic N) is 1. The summed E-state index contributed by atoms with van der Waals surface area (Å²) in [5.74, 6) is -0.732. The Labute approximate surface area is 98.0 Å². The molecular formula is C12H24N2O2. The Morgan fingerprint density at radius 3 is 2.50 bits per heavy atom. The number of carbonyl (C=O) groups is 1. The minimum absolute atomic E-state index is 0.0222. The average Bonchev–Trinajstić information content (AvgIpc) is 1.97. The van der Waals surface area contributed by atoms with Gasteiger partial charge in [-0.2, -0.15) is 0 Å². The van der Waals surface area contributed by atoms with E-state index in [9.17, 15) is 4.79 Å². The number of aliphatic carboxylic acids is 1. The summed E-state index contributed by atoms with van der Waals surface area (Å²) in [7, 11) is 0. The molecule has 0 aromatic carbocycles. The molecule has 4 nitrogen and oxygen atoms in total. The Bertz CT molecular complexity index is 269. The zero-order valence-corrected chi connectivity index (χ0v) is 11.0. The van der Waals surface area contributed by atoms with Crippen molar-refractivity contribution in [3.05, 3.63) is 0 Å². The van der Waals surface area contributed by atoms with Crippen molar-refractivity contribution in [2.75, 3.05) is 13.1 Å². The van der Waals surface area contributed by atoms with Crippen LogP contribution in [-0.2, 0) is 4.79 Å². The molecule has 0 saturated carbocycles. The van der Waals surface area contributed by atoms with E-state index in [4.69, 9.17) is 5.11 Å². The molecule has 1 heterocycles. The second-order valence-electron chi connectivity index (χ2n) is 6.37. The van der Waals surface area contributed by atoms with Crippen LogP contribution in [0.4, 0.5) is 0 Å². The Morgan fingerprint density at radius 2 is 2.06 bits per heavy atom. The van der Waals surface area contributed by atoms with E-state index in [2.05, 4.69) is 44.8 Å². The monoisotopic (exact) mass is 228 g/mol. The summed E-state index contributed by atoms with van der Waals surface area (Å²) >= 11 is 0. The summed E-state index contributed by atoms with van der Waals surface area (Å²) in [6.45, 7) is 12.5. The number of hydrogen-bond donors (Lipinski definition) is 2. The molecule has 0 amide bonds. The molecule has 4 heteroatoms. The van der Waals surface area contributed by atoms with Gasteiger partial charge >= 0.3 is 5.97 Å². The number of piperazine rings is 1. The van der Waals surface area contributed by atoms with Gasteiger partial charge in [0.25, 0.3) is 0 Å². The third kappa shape index (κ3) is 3.76. The van der Waals surface area contributed by atoms with Gasteiger partial charge in [-0.25, -0.2) is 0 Å². The largest absolute Gasteiger partial charge is 0.481 e. The fourth-order valence-corrected chi connectivity index (χ4v) is 2.29. The van der Waals surface area contributed by atoms with Crippen molar-refractivity contribution in [1.82, 2.24) is 10.2 Å². The predicted octanol–water partition coefficient (Wildman–Crippen LogP) is 1.31. The quantitative estimate of drug-likeness (QED) is 0.748. The zero-order chi connectivity index (χ0) is 12.6. The standard InChI is InChI=1S/C12H24N2O2/c1-11(2,3)14-7-9(6-10(15)16)13-12(4,5)8-14/h9,13H,6-8H2,1-5H3,(H,15,16). The van der Waals surface area contributed by atoms with Crippen molar-refractivity contribution in [2.24, 2.45) is 0 Å². The van der Waals surface area contributed by atoms with Gasteiger partial charge in [-0.05, 0) is 34.6 Å². The molecule has 0 radical (unpaired) electrons. The molecule has 0 aromatic heterocycles. The van der Waals surface area contributed by atoms with Gasteiger partial charge in [0.15, 0.2) is 0 Å². The molecule has 1 aliphatic heterocycles. The molecule has 1 fully saturated rings. The Kier molecular flexibility index (Phi) is 3.65. The normalized spacial score (nSPS) is 26.7.